The summed E-state index contributed by atoms with van der Waals surface area (Å²) in [5.41, 5.74) is 4.01. The molecular weight excluding hydrogens is 612 g/mol. The van der Waals surface area contributed by atoms with E-state index < -0.39 is 11.9 Å². The third-order valence-electron chi connectivity index (χ3n) is 8.29. The summed E-state index contributed by atoms with van der Waals surface area (Å²) in [6.07, 6.45) is 4.89. The molecule has 0 fully saturated rings. The van der Waals surface area contributed by atoms with E-state index in [4.69, 9.17) is 9.47 Å². The second-order valence-corrected chi connectivity index (χ2v) is 11.6. The molecule has 3 aromatic carbocycles. The second kappa shape index (κ2) is 14.8. The summed E-state index contributed by atoms with van der Waals surface area (Å²) in [7, 11) is 3.42. The number of nitrogens with zero attached hydrogens (tertiary/aromatic N) is 6. The first-order valence-electron chi connectivity index (χ1n) is 15.9. The lowest BCUT2D eigenvalue weighted by Crippen LogP contribution is -2.50. The Morgan fingerprint density at radius 2 is 1.90 bits per heavy atom. The van der Waals surface area contributed by atoms with E-state index in [9.17, 15) is 14.4 Å². The number of methoxy groups -OCH3 is 1. The Hall–Kier alpha value is -5.72. The maximum Gasteiger partial charge on any atom is 0.255 e. The Bertz CT molecular complexity index is 1900. The Morgan fingerprint density at radius 1 is 1.04 bits per heavy atom. The number of hydrogen-bond acceptors (Lipinski definition) is 8. The summed E-state index contributed by atoms with van der Waals surface area (Å²) < 4.78 is 15.2. The van der Waals surface area contributed by atoms with Crippen molar-refractivity contribution in [1.82, 2.24) is 40.1 Å². The Kier molecular flexibility index (Phi) is 9.93. The lowest BCUT2D eigenvalue weighted by atomic mass is 10.0. The van der Waals surface area contributed by atoms with Crippen molar-refractivity contribution in [1.29, 1.82) is 0 Å². The molecule has 1 atom stereocenters. The summed E-state index contributed by atoms with van der Waals surface area (Å²) in [6.45, 7) is 1.58. The summed E-state index contributed by atoms with van der Waals surface area (Å²) in [5.74, 6) is -0.326. The predicted octanol–water partition coefficient (Wildman–Crippen LogP) is 2.80. The molecule has 3 amide bonds. The SMILES string of the molecule is COc1cccc2c1OCCCn1cc(nn1)CCN(C(=O)c1ccc3c(c1)ncn3C)CCNC(=O)[C@H](Cc1ccccc1)NC2=O. The Balaban J connectivity index is 1.27. The van der Waals surface area contributed by atoms with E-state index >= 15 is 0 Å². The van der Waals surface area contributed by atoms with Gasteiger partial charge in [0, 0.05) is 64.2 Å². The molecule has 0 radical (unpaired) electrons. The van der Waals surface area contributed by atoms with Crippen LogP contribution in [0.5, 0.6) is 11.5 Å². The van der Waals surface area contributed by atoms with Crippen molar-refractivity contribution in [2.45, 2.75) is 31.8 Å². The lowest BCUT2D eigenvalue weighted by Gasteiger charge is -2.24. The predicted molar refractivity (Wildman–Crippen MR) is 178 cm³/mol. The van der Waals surface area contributed by atoms with Crippen LogP contribution >= 0.6 is 0 Å². The number of benzene rings is 3. The van der Waals surface area contributed by atoms with Crippen molar-refractivity contribution in [2.75, 3.05) is 33.4 Å². The maximum absolute atomic E-state index is 13.8. The first-order valence-corrected chi connectivity index (χ1v) is 15.9. The highest BCUT2D eigenvalue weighted by Gasteiger charge is 2.26. The van der Waals surface area contributed by atoms with E-state index in [1.54, 1.807) is 46.2 Å². The number of carbonyl (C=O) groups excluding carboxylic acids is 3. The number of amides is 3. The molecule has 0 spiro atoms. The van der Waals surface area contributed by atoms with Crippen LogP contribution in [0.4, 0.5) is 0 Å². The topological polar surface area (TPSA) is 146 Å². The summed E-state index contributed by atoms with van der Waals surface area (Å²) >= 11 is 0. The van der Waals surface area contributed by atoms with Crippen molar-refractivity contribution in [2.24, 2.45) is 7.05 Å². The fourth-order valence-electron chi connectivity index (χ4n) is 5.72. The quantitative estimate of drug-likeness (QED) is 0.302. The average Bonchev–Trinajstić information content (AvgIpc) is 3.72. The maximum atomic E-state index is 13.8. The number of aromatic nitrogens is 5. The molecule has 5 aromatic rings. The van der Waals surface area contributed by atoms with Crippen LogP contribution in [0.25, 0.3) is 11.0 Å². The van der Waals surface area contributed by atoms with Crippen LogP contribution in [0.2, 0.25) is 0 Å². The van der Waals surface area contributed by atoms with E-state index in [2.05, 4.69) is 25.9 Å². The van der Waals surface area contributed by atoms with Gasteiger partial charge in [-0.3, -0.25) is 19.1 Å². The zero-order valence-corrected chi connectivity index (χ0v) is 27.0. The van der Waals surface area contributed by atoms with E-state index in [1.807, 2.05) is 54.2 Å². The number of ether oxygens (including phenoxy) is 2. The van der Waals surface area contributed by atoms with Crippen LogP contribution in [-0.4, -0.2) is 86.6 Å². The third-order valence-corrected chi connectivity index (χ3v) is 8.29. The molecule has 0 aliphatic carbocycles. The molecule has 2 bridgehead atoms. The first kappa shape index (κ1) is 32.2. The second-order valence-electron chi connectivity index (χ2n) is 11.6. The third kappa shape index (κ3) is 7.46. The van der Waals surface area contributed by atoms with E-state index in [1.165, 1.54) is 7.11 Å². The number of nitrogens with one attached hydrogen (secondary N) is 2. The smallest absolute Gasteiger partial charge is 0.255 e. The van der Waals surface area contributed by atoms with Gasteiger partial charge in [0.2, 0.25) is 5.91 Å². The van der Waals surface area contributed by atoms with Gasteiger partial charge in [0.25, 0.3) is 11.8 Å². The van der Waals surface area contributed by atoms with Crippen molar-refractivity contribution < 1.29 is 23.9 Å². The first-order chi connectivity index (χ1) is 23.4. The molecule has 2 N–H and O–H groups in total. The van der Waals surface area contributed by atoms with Gasteiger partial charge in [-0.1, -0.05) is 41.6 Å². The lowest BCUT2D eigenvalue weighted by molar-refractivity contribution is -0.123. The number of rotatable bonds is 4. The molecule has 0 saturated heterocycles. The summed E-state index contributed by atoms with van der Waals surface area (Å²) in [6, 6.07) is 19.1. The van der Waals surface area contributed by atoms with Crippen molar-refractivity contribution in [3.8, 4) is 11.5 Å². The molecule has 48 heavy (non-hydrogen) atoms. The minimum atomic E-state index is -0.897. The molecule has 2 aromatic heterocycles. The zero-order valence-electron chi connectivity index (χ0n) is 27.0. The minimum Gasteiger partial charge on any atom is -0.493 e. The van der Waals surface area contributed by atoms with Gasteiger partial charge in [0.15, 0.2) is 11.5 Å². The highest BCUT2D eigenvalue weighted by Crippen LogP contribution is 2.31. The number of para-hydroxylation sites is 1. The van der Waals surface area contributed by atoms with Gasteiger partial charge in [-0.05, 0) is 35.9 Å². The molecule has 13 nitrogen and oxygen atoms in total. The molecule has 6 rings (SSSR count). The minimum absolute atomic E-state index is 0.164. The van der Waals surface area contributed by atoms with Gasteiger partial charge in [0.1, 0.15) is 6.04 Å². The zero-order chi connectivity index (χ0) is 33.5. The standard InChI is InChI=1S/C35H38N8O5/c1-41-23-37-28-21-25(12-13-30(28)41)35(46)42-17-14-26-22-43(40-39-26)16-7-19-48-32-27(10-6-11-31(32)47-2)33(44)38-29(34(45)36-15-18-42)20-24-8-4-3-5-9-24/h3-6,8-13,21-23,29H,7,14-20H2,1-2H3,(H,36,45)(H,38,44)/t29-/m0/s1. The highest BCUT2D eigenvalue weighted by atomic mass is 16.5. The van der Waals surface area contributed by atoms with Crippen LogP contribution in [0.1, 0.15) is 38.4 Å². The fourth-order valence-corrected chi connectivity index (χ4v) is 5.72. The van der Waals surface area contributed by atoms with Crippen LogP contribution in [-0.2, 0) is 31.2 Å². The number of carbonyl (C=O) groups is 3. The van der Waals surface area contributed by atoms with Crippen LogP contribution < -0.4 is 20.1 Å². The molecule has 1 aliphatic rings. The van der Waals surface area contributed by atoms with Crippen LogP contribution in [0.15, 0.2) is 79.3 Å². The van der Waals surface area contributed by atoms with Crippen molar-refractivity contribution >= 4 is 28.8 Å². The summed E-state index contributed by atoms with van der Waals surface area (Å²) in [5, 5.41) is 14.4. The number of imidazole rings is 1. The molecular formula is C35H38N8O5. The average molecular weight is 651 g/mol. The Morgan fingerprint density at radius 3 is 2.73 bits per heavy atom. The number of hydrogen-bond donors (Lipinski definition) is 2. The summed E-state index contributed by atoms with van der Waals surface area (Å²) in [4.78, 5) is 47.4. The van der Waals surface area contributed by atoms with Crippen molar-refractivity contribution in [3.63, 3.8) is 0 Å². The molecule has 13 heteroatoms. The van der Waals surface area contributed by atoms with Gasteiger partial charge >= 0.3 is 0 Å². The fraction of sp³-hybridized carbons (Fsp3) is 0.314. The largest absolute Gasteiger partial charge is 0.493 e. The molecule has 0 saturated carbocycles. The van der Waals surface area contributed by atoms with Gasteiger partial charge in [-0.15, -0.1) is 5.10 Å². The van der Waals surface area contributed by atoms with Gasteiger partial charge in [0.05, 0.1) is 42.3 Å². The monoisotopic (exact) mass is 650 g/mol. The van der Waals surface area contributed by atoms with Gasteiger partial charge in [-0.2, -0.15) is 0 Å². The highest BCUT2D eigenvalue weighted by molar-refractivity contribution is 6.00. The van der Waals surface area contributed by atoms with Crippen LogP contribution in [0.3, 0.4) is 0 Å². The van der Waals surface area contributed by atoms with E-state index in [-0.39, 0.29) is 43.5 Å². The normalized spacial score (nSPS) is 16.5. The Labute approximate surface area is 277 Å². The van der Waals surface area contributed by atoms with E-state index in [0.29, 0.717) is 43.0 Å². The molecule has 1 aliphatic heterocycles. The molecule has 0 unspecified atom stereocenters. The van der Waals surface area contributed by atoms with E-state index in [0.717, 1.165) is 22.3 Å². The number of fused-ring (bicyclic) bond motifs is 4. The molecule has 3 heterocycles. The number of aryl methyl sites for hydroxylation is 2. The van der Waals surface area contributed by atoms with Crippen molar-refractivity contribution in [3.05, 3.63) is 102 Å². The van der Waals surface area contributed by atoms with Gasteiger partial charge < -0.3 is 29.6 Å². The van der Waals surface area contributed by atoms with Crippen LogP contribution in [0, 0.1) is 0 Å². The van der Waals surface area contributed by atoms with Gasteiger partial charge in [-0.25, -0.2) is 4.98 Å². The molecule has 248 valence electrons.